The Bertz CT molecular complexity index is 1670. The molecular formula is C35H39F3N6O2S. The van der Waals surface area contributed by atoms with E-state index in [2.05, 4.69) is 75.9 Å². The minimum absolute atomic E-state index is 0.254. The fraction of sp³-hybridized carbons (Fsp3) is 0.371. The summed E-state index contributed by atoms with van der Waals surface area (Å²) in [5.74, 6) is 1.76. The molecule has 1 aliphatic heterocycles. The van der Waals surface area contributed by atoms with Crippen LogP contribution in [0.2, 0.25) is 0 Å². The molecule has 1 aromatic heterocycles. The van der Waals surface area contributed by atoms with Crippen LogP contribution in [-0.4, -0.2) is 50.7 Å². The molecule has 0 saturated carbocycles. The average Bonchev–Trinajstić information content (AvgIpc) is 3.53. The van der Waals surface area contributed by atoms with Gasteiger partial charge in [0.2, 0.25) is 0 Å². The molecule has 4 aromatic rings. The third-order valence-electron chi connectivity index (χ3n) is 8.08. The van der Waals surface area contributed by atoms with Crippen molar-refractivity contribution in [1.29, 1.82) is 0 Å². The molecule has 3 aromatic carbocycles. The first-order valence-corrected chi connectivity index (χ1v) is 16.7. The average molecular weight is 665 g/mol. The number of carbonyl (C=O) groups is 1. The maximum atomic E-state index is 12.9. The number of benzene rings is 3. The zero-order valence-corrected chi connectivity index (χ0v) is 27.7. The topological polar surface area (TPSA) is 84.6 Å². The number of nitrogens with zero attached hydrogens (tertiary/aromatic N) is 5. The number of amides is 2. The molecule has 2 atom stereocenters. The van der Waals surface area contributed by atoms with Gasteiger partial charge in [-0.05, 0) is 79.5 Å². The summed E-state index contributed by atoms with van der Waals surface area (Å²) in [4.78, 5) is 23.9. The van der Waals surface area contributed by atoms with Crippen molar-refractivity contribution in [2.24, 2.45) is 4.99 Å². The van der Waals surface area contributed by atoms with E-state index < -0.39 is 6.36 Å². The molecule has 0 spiro atoms. The number of hydrogen-bond donors (Lipinski definition) is 1. The molecule has 2 unspecified atom stereocenters. The molecule has 1 saturated heterocycles. The lowest BCUT2D eigenvalue weighted by Gasteiger charge is -2.37. The molecule has 0 bridgehead atoms. The number of carbonyl (C=O) groups excluding carboxylic acids is 1. The maximum absolute atomic E-state index is 12.9. The van der Waals surface area contributed by atoms with Crippen LogP contribution in [-0.2, 0) is 0 Å². The molecule has 248 valence electrons. The molecule has 2 heterocycles. The van der Waals surface area contributed by atoms with Crippen LogP contribution in [0.25, 0.3) is 17.1 Å². The number of urea groups is 1. The van der Waals surface area contributed by atoms with Gasteiger partial charge in [-0.2, -0.15) is 4.99 Å². The summed E-state index contributed by atoms with van der Waals surface area (Å²) in [6, 6.07) is 21.7. The number of para-hydroxylation sites is 1. The lowest BCUT2D eigenvalue weighted by atomic mass is 9.95. The standard InChI is InChI=1S/C35H39F3N6O2S/c1-23(2)30-9-5-6-10-31(30)44-25(4)19-21-47-34(44)41-33(45)39-20-7-8-24(3)26-11-13-27(14-12-26)32-40-22-43(42-32)28-15-17-29(18-16-28)46-35(36,37)38/h5-6,9-18,22-25H,7-8,19-21H2,1-4H3,(H,39,45). The normalized spacial score (nSPS) is 16.8. The molecule has 0 radical (unpaired) electrons. The molecule has 1 aliphatic rings. The lowest BCUT2D eigenvalue weighted by molar-refractivity contribution is -0.274. The maximum Gasteiger partial charge on any atom is 0.573 e. The van der Waals surface area contributed by atoms with E-state index in [1.54, 1.807) is 11.8 Å². The van der Waals surface area contributed by atoms with Crippen LogP contribution in [0.5, 0.6) is 5.75 Å². The first kappa shape index (κ1) is 34.0. The zero-order chi connectivity index (χ0) is 33.6. The number of rotatable bonds is 10. The minimum atomic E-state index is -4.74. The monoisotopic (exact) mass is 664 g/mol. The molecule has 1 fully saturated rings. The SMILES string of the molecule is CC(C)c1ccccc1N1C(=NC(=O)NCCCC(C)c2ccc(-c3ncn(-c4ccc(OC(F)(F)F)cc4)n3)cc2)SCCC1C. The number of aromatic nitrogens is 3. The second kappa shape index (κ2) is 15.1. The number of hydrogen-bond acceptors (Lipinski definition) is 5. The van der Waals surface area contributed by atoms with Crippen LogP contribution in [0, 0.1) is 0 Å². The predicted octanol–water partition coefficient (Wildman–Crippen LogP) is 8.94. The summed E-state index contributed by atoms with van der Waals surface area (Å²) in [5.41, 5.74) is 4.90. The van der Waals surface area contributed by atoms with Crippen molar-refractivity contribution in [3.63, 3.8) is 0 Å². The Kier molecular flexibility index (Phi) is 10.9. The van der Waals surface area contributed by atoms with Crippen LogP contribution in [0.15, 0.2) is 84.1 Å². The molecular weight excluding hydrogens is 625 g/mol. The third-order valence-corrected chi connectivity index (χ3v) is 9.07. The van der Waals surface area contributed by atoms with E-state index >= 15 is 0 Å². The van der Waals surface area contributed by atoms with Gasteiger partial charge in [0, 0.05) is 29.6 Å². The molecule has 47 heavy (non-hydrogen) atoms. The van der Waals surface area contributed by atoms with Crippen LogP contribution in [0.3, 0.4) is 0 Å². The van der Waals surface area contributed by atoms with Crippen molar-refractivity contribution in [3.8, 4) is 22.8 Å². The summed E-state index contributed by atoms with van der Waals surface area (Å²) >= 11 is 1.63. The number of nitrogens with one attached hydrogen (secondary N) is 1. The van der Waals surface area contributed by atoms with Crippen molar-refractivity contribution in [1.82, 2.24) is 20.1 Å². The van der Waals surface area contributed by atoms with Gasteiger partial charge >= 0.3 is 12.4 Å². The van der Waals surface area contributed by atoms with Gasteiger partial charge in [0.15, 0.2) is 11.0 Å². The van der Waals surface area contributed by atoms with Crippen LogP contribution in [0.4, 0.5) is 23.7 Å². The van der Waals surface area contributed by atoms with E-state index in [4.69, 9.17) is 0 Å². The predicted molar refractivity (Wildman–Crippen MR) is 182 cm³/mol. The van der Waals surface area contributed by atoms with Crippen molar-refractivity contribution in [3.05, 3.63) is 90.3 Å². The van der Waals surface area contributed by atoms with Crippen molar-refractivity contribution < 1.29 is 22.7 Å². The summed E-state index contributed by atoms with van der Waals surface area (Å²) in [6.07, 6.45) is -0.510. The summed E-state index contributed by atoms with van der Waals surface area (Å²) in [6.45, 7) is 9.23. The second-order valence-electron chi connectivity index (χ2n) is 11.9. The van der Waals surface area contributed by atoms with Gasteiger partial charge in [0.25, 0.3) is 0 Å². The zero-order valence-electron chi connectivity index (χ0n) is 26.9. The van der Waals surface area contributed by atoms with E-state index in [1.807, 2.05) is 30.3 Å². The largest absolute Gasteiger partial charge is 0.573 e. The fourth-order valence-electron chi connectivity index (χ4n) is 5.51. The second-order valence-corrected chi connectivity index (χ2v) is 13.0. The molecule has 12 heteroatoms. The summed E-state index contributed by atoms with van der Waals surface area (Å²) < 4.78 is 42.7. The van der Waals surface area contributed by atoms with Crippen molar-refractivity contribution in [2.45, 2.75) is 71.2 Å². The molecule has 8 nitrogen and oxygen atoms in total. The highest BCUT2D eigenvalue weighted by molar-refractivity contribution is 8.14. The fourth-order valence-corrected chi connectivity index (χ4v) is 6.71. The van der Waals surface area contributed by atoms with Crippen LogP contribution >= 0.6 is 11.8 Å². The van der Waals surface area contributed by atoms with Gasteiger partial charge in [-0.25, -0.2) is 14.5 Å². The Hall–Kier alpha value is -4.32. The molecule has 5 rings (SSSR count). The van der Waals surface area contributed by atoms with Gasteiger partial charge in [0.05, 0.1) is 5.69 Å². The number of amidine groups is 1. The Labute approximate surface area is 277 Å². The highest BCUT2D eigenvalue weighted by Gasteiger charge is 2.31. The van der Waals surface area contributed by atoms with Crippen molar-refractivity contribution in [2.75, 3.05) is 17.2 Å². The van der Waals surface area contributed by atoms with E-state index in [0.717, 1.165) is 47.0 Å². The Morgan fingerprint density at radius 1 is 1.06 bits per heavy atom. The molecule has 0 aliphatic carbocycles. The van der Waals surface area contributed by atoms with E-state index in [9.17, 15) is 18.0 Å². The molecule has 1 N–H and O–H groups in total. The van der Waals surface area contributed by atoms with Gasteiger partial charge in [-0.15, -0.1) is 18.3 Å². The third kappa shape index (κ3) is 8.94. The van der Waals surface area contributed by atoms with Gasteiger partial charge in [-0.3, -0.25) is 0 Å². The van der Waals surface area contributed by atoms with E-state index in [0.29, 0.717) is 24.0 Å². The van der Waals surface area contributed by atoms with Gasteiger partial charge in [-0.1, -0.05) is 75.0 Å². The van der Waals surface area contributed by atoms with Crippen LogP contribution in [0.1, 0.15) is 69.9 Å². The highest BCUT2D eigenvalue weighted by Crippen LogP contribution is 2.35. The van der Waals surface area contributed by atoms with Crippen LogP contribution < -0.4 is 15.0 Å². The number of aliphatic imine (C=N–C) groups is 1. The minimum Gasteiger partial charge on any atom is -0.406 e. The number of anilines is 1. The molecule has 2 amide bonds. The smallest absolute Gasteiger partial charge is 0.406 e. The summed E-state index contributed by atoms with van der Waals surface area (Å²) in [7, 11) is 0. The number of halogens is 3. The Morgan fingerprint density at radius 2 is 1.79 bits per heavy atom. The number of alkyl halides is 3. The lowest BCUT2D eigenvalue weighted by Crippen LogP contribution is -2.42. The highest BCUT2D eigenvalue weighted by atomic mass is 32.2. The quantitative estimate of drug-likeness (QED) is 0.171. The van der Waals surface area contributed by atoms with Crippen molar-refractivity contribution >= 4 is 28.6 Å². The Morgan fingerprint density at radius 3 is 2.49 bits per heavy atom. The first-order chi connectivity index (χ1) is 22.5. The number of ether oxygens (including phenoxy) is 1. The van der Waals surface area contributed by atoms with E-state index in [1.165, 1.54) is 40.8 Å². The Balaban J connectivity index is 1.12. The summed E-state index contributed by atoms with van der Waals surface area (Å²) in [5, 5.41) is 8.20. The van der Waals surface area contributed by atoms with Gasteiger partial charge < -0.3 is 15.0 Å². The first-order valence-electron chi connectivity index (χ1n) is 15.7. The number of thioether (sulfide) groups is 1. The van der Waals surface area contributed by atoms with Gasteiger partial charge in [0.1, 0.15) is 12.1 Å². The van der Waals surface area contributed by atoms with E-state index in [-0.39, 0.29) is 23.7 Å².